The number of alkyl halides is 3. The van der Waals surface area contributed by atoms with Gasteiger partial charge in [0.25, 0.3) is 0 Å². The lowest BCUT2D eigenvalue weighted by molar-refractivity contribution is -0.154. The van der Waals surface area contributed by atoms with E-state index in [0.29, 0.717) is 0 Å². The van der Waals surface area contributed by atoms with Crippen LogP contribution in [-0.2, 0) is 15.7 Å². The first-order valence-corrected chi connectivity index (χ1v) is 4.88. The minimum atomic E-state index is -4.62. The average Bonchev–Trinajstić information content (AvgIpc) is 2.27. The zero-order valence-corrected chi connectivity index (χ0v) is 8.99. The first-order valence-electron chi connectivity index (χ1n) is 4.88. The molecule has 1 rings (SSSR count). The van der Waals surface area contributed by atoms with Crippen molar-refractivity contribution in [2.75, 3.05) is 6.61 Å². The average molecular weight is 248 g/mol. The molecule has 1 aromatic rings. The summed E-state index contributed by atoms with van der Waals surface area (Å²) in [7, 11) is 0. The van der Waals surface area contributed by atoms with Gasteiger partial charge in [-0.2, -0.15) is 13.2 Å². The van der Waals surface area contributed by atoms with E-state index in [2.05, 4.69) is 4.74 Å². The lowest BCUT2D eigenvalue weighted by atomic mass is 10.0. The van der Waals surface area contributed by atoms with Crippen molar-refractivity contribution >= 4 is 5.97 Å². The maximum atomic E-state index is 12.6. The minimum Gasteiger partial charge on any atom is -0.464 e. The van der Waals surface area contributed by atoms with Crippen LogP contribution in [0.15, 0.2) is 24.3 Å². The van der Waals surface area contributed by atoms with E-state index in [4.69, 9.17) is 0 Å². The van der Waals surface area contributed by atoms with Gasteiger partial charge in [0.2, 0.25) is 0 Å². The smallest absolute Gasteiger partial charge is 0.416 e. The molecular weight excluding hydrogens is 237 g/mol. The molecule has 1 aromatic carbocycles. The Labute approximate surface area is 95.8 Å². The van der Waals surface area contributed by atoms with Gasteiger partial charge in [0.05, 0.1) is 12.2 Å². The maximum absolute atomic E-state index is 12.6. The van der Waals surface area contributed by atoms with Crippen molar-refractivity contribution in [1.29, 1.82) is 0 Å². The molecule has 94 valence electrons. The Balaban J connectivity index is 3.09. The highest BCUT2D eigenvalue weighted by molar-refractivity contribution is 5.76. The molecule has 0 saturated carbocycles. The van der Waals surface area contributed by atoms with Crippen molar-refractivity contribution in [3.8, 4) is 0 Å². The Kier molecular flexibility index (Phi) is 4.11. The minimum absolute atomic E-state index is 0.00984. The molecule has 3 nitrogen and oxygen atoms in total. The van der Waals surface area contributed by atoms with E-state index in [1.54, 1.807) is 0 Å². The van der Waals surface area contributed by atoms with Crippen LogP contribution in [-0.4, -0.2) is 17.7 Å². The highest BCUT2D eigenvalue weighted by Crippen LogP contribution is 2.34. The van der Waals surface area contributed by atoms with Crippen LogP contribution in [0, 0.1) is 0 Å². The molecule has 1 unspecified atom stereocenters. The maximum Gasteiger partial charge on any atom is 0.416 e. The Bertz CT molecular complexity index is 401. The number of ether oxygens (including phenoxy) is 1. The highest BCUT2D eigenvalue weighted by atomic mass is 19.4. The topological polar surface area (TPSA) is 46.5 Å². The van der Waals surface area contributed by atoms with Crippen molar-refractivity contribution in [3.05, 3.63) is 35.4 Å². The molecule has 0 aliphatic heterocycles. The molecule has 0 aromatic heterocycles. The molecule has 0 bridgehead atoms. The third-order valence-electron chi connectivity index (χ3n) is 2.07. The number of carbonyl (C=O) groups excluding carboxylic acids is 1. The lowest BCUT2D eigenvalue weighted by Gasteiger charge is -2.16. The van der Waals surface area contributed by atoms with Gasteiger partial charge in [0.15, 0.2) is 6.10 Å². The normalized spacial score (nSPS) is 13.2. The number of benzene rings is 1. The SMILES string of the molecule is CCOC(=O)C(O)c1ccccc1C(F)(F)F. The van der Waals surface area contributed by atoms with Crippen molar-refractivity contribution in [3.63, 3.8) is 0 Å². The van der Waals surface area contributed by atoms with Crippen LogP contribution in [0.4, 0.5) is 13.2 Å². The fraction of sp³-hybridized carbons (Fsp3) is 0.364. The van der Waals surface area contributed by atoms with Crippen LogP contribution in [0.25, 0.3) is 0 Å². The van der Waals surface area contributed by atoms with Crippen molar-refractivity contribution < 1.29 is 27.8 Å². The summed E-state index contributed by atoms with van der Waals surface area (Å²) in [4.78, 5) is 11.2. The monoisotopic (exact) mass is 248 g/mol. The van der Waals surface area contributed by atoms with Gasteiger partial charge in [-0.05, 0) is 13.0 Å². The second-order valence-electron chi connectivity index (χ2n) is 3.24. The van der Waals surface area contributed by atoms with Gasteiger partial charge in [-0.1, -0.05) is 18.2 Å². The summed E-state index contributed by atoms with van der Waals surface area (Å²) in [5.41, 5.74) is -1.54. The van der Waals surface area contributed by atoms with Gasteiger partial charge in [0.1, 0.15) is 0 Å². The number of hydrogen-bond acceptors (Lipinski definition) is 3. The van der Waals surface area contributed by atoms with Crippen LogP contribution in [0.2, 0.25) is 0 Å². The number of carbonyl (C=O) groups is 1. The summed E-state index contributed by atoms with van der Waals surface area (Å²) in [5.74, 6) is -1.09. The standard InChI is InChI=1S/C11H11F3O3/c1-2-17-10(16)9(15)7-5-3-4-6-8(7)11(12,13)14/h3-6,9,15H,2H2,1H3. The summed E-state index contributed by atoms with van der Waals surface area (Å²) in [6, 6.07) is 4.35. The third kappa shape index (κ3) is 3.20. The molecule has 0 fully saturated rings. The van der Waals surface area contributed by atoms with Crippen LogP contribution in [0.5, 0.6) is 0 Å². The molecule has 0 aliphatic carbocycles. The van der Waals surface area contributed by atoms with Gasteiger partial charge >= 0.3 is 12.1 Å². The molecule has 0 heterocycles. The van der Waals surface area contributed by atoms with Crippen molar-refractivity contribution in [1.82, 2.24) is 0 Å². The van der Waals surface area contributed by atoms with Crippen LogP contribution in [0.1, 0.15) is 24.2 Å². The molecule has 0 aliphatic rings. The second-order valence-corrected chi connectivity index (χ2v) is 3.24. The molecule has 17 heavy (non-hydrogen) atoms. The zero-order valence-electron chi connectivity index (χ0n) is 8.99. The van der Waals surface area contributed by atoms with E-state index in [9.17, 15) is 23.1 Å². The predicted molar refractivity (Wildman–Crippen MR) is 53.0 cm³/mol. The quantitative estimate of drug-likeness (QED) is 0.835. The Hall–Kier alpha value is -1.56. The molecule has 1 N–H and O–H groups in total. The van der Waals surface area contributed by atoms with Gasteiger partial charge in [-0.25, -0.2) is 4.79 Å². The molecule has 0 radical (unpaired) electrons. The van der Waals surface area contributed by atoms with Crippen molar-refractivity contribution in [2.45, 2.75) is 19.2 Å². The summed E-state index contributed by atoms with van der Waals surface area (Å²) < 4.78 is 42.3. The van der Waals surface area contributed by atoms with E-state index >= 15 is 0 Å². The predicted octanol–water partition coefficient (Wildman–Crippen LogP) is 2.30. The molecular formula is C11H11F3O3. The van der Waals surface area contributed by atoms with Gasteiger partial charge in [-0.15, -0.1) is 0 Å². The van der Waals surface area contributed by atoms with E-state index in [0.717, 1.165) is 12.1 Å². The number of hydrogen-bond donors (Lipinski definition) is 1. The van der Waals surface area contributed by atoms with E-state index in [1.165, 1.54) is 19.1 Å². The Morgan fingerprint density at radius 1 is 1.41 bits per heavy atom. The molecule has 0 saturated heterocycles. The summed E-state index contributed by atoms with van der Waals surface area (Å²) >= 11 is 0. The number of esters is 1. The van der Waals surface area contributed by atoms with E-state index in [-0.39, 0.29) is 6.61 Å². The number of aliphatic hydroxyl groups excluding tert-OH is 1. The van der Waals surface area contributed by atoms with Crippen LogP contribution in [0.3, 0.4) is 0 Å². The Morgan fingerprint density at radius 2 is 2.00 bits per heavy atom. The van der Waals surface area contributed by atoms with E-state index < -0.39 is 29.4 Å². The fourth-order valence-corrected chi connectivity index (χ4v) is 1.34. The van der Waals surface area contributed by atoms with Gasteiger partial charge in [-0.3, -0.25) is 0 Å². The highest BCUT2D eigenvalue weighted by Gasteiger charge is 2.36. The first kappa shape index (κ1) is 13.5. The number of rotatable bonds is 3. The van der Waals surface area contributed by atoms with Crippen molar-refractivity contribution in [2.24, 2.45) is 0 Å². The number of halogens is 3. The summed E-state index contributed by atoms with van der Waals surface area (Å²) in [5, 5.41) is 9.49. The zero-order chi connectivity index (χ0) is 13.1. The molecule has 6 heteroatoms. The molecule has 0 amide bonds. The molecule has 1 atom stereocenters. The second kappa shape index (κ2) is 5.18. The summed E-state index contributed by atoms with van der Waals surface area (Å²) in [6.45, 7) is 1.49. The van der Waals surface area contributed by atoms with Gasteiger partial charge < -0.3 is 9.84 Å². The number of aliphatic hydroxyl groups is 1. The molecule has 0 spiro atoms. The third-order valence-corrected chi connectivity index (χ3v) is 2.07. The summed E-state index contributed by atoms with van der Waals surface area (Å²) in [6.07, 6.45) is -6.54. The Morgan fingerprint density at radius 3 is 2.53 bits per heavy atom. The van der Waals surface area contributed by atoms with Crippen LogP contribution < -0.4 is 0 Å². The lowest BCUT2D eigenvalue weighted by Crippen LogP contribution is -2.19. The van der Waals surface area contributed by atoms with E-state index in [1.807, 2.05) is 0 Å². The fourth-order valence-electron chi connectivity index (χ4n) is 1.34. The van der Waals surface area contributed by atoms with Crippen LogP contribution >= 0.6 is 0 Å². The largest absolute Gasteiger partial charge is 0.464 e. The van der Waals surface area contributed by atoms with Gasteiger partial charge in [0, 0.05) is 5.56 Å². The first-order chi connectivity index (χ1) is 7.88.